The molecular weight excluding hydrogens is 813 g/mol. The first-order valence-corrected chi connectivity index (χ1v) is 23.0. The van der Waals surface area contributed by atoms with Crippen LogP contribution in [0.5, 0.6) is 0 Å². The lowest BCUT2D eigenvalue weighted by Gasteiger charge is -2.14. The highest BCUT2D eigenvalue weighted by atomic mass is 15.1. The summed E-state index contributed by atoms with van der Waals surface area (Å²) in [5, 5.41) is 12.6. The van der Waals surface area contributed by atoms with E-state index in [4.69, 9.17) is 4.98 Å². The monoisotopic (exact) mass is 850 g/mol. The summed E-state index contributed by atoms with van der Waals surface area (Å²) in [5.74, 6) is 0.903. The predicted molar refractivity (Wildman–Crippen MR) is 281 cm³/mol. The number of nitrogens with zero attached hydrogens (tertiary/aromatic N) is 4. The van der Waals surface area contributed by atoms with Gasteiger partial charge in [0.05, 0.1) is 38.8 Å². The molecule has 4 heteroatoms. The highest BCUT2D eigenvalue weighted by Crippen LogP contribution is 2.47. The van der Waals surface area contributed by atoms with Crippen LogP contribution in [0.2, 0.25) is 0 Å². The second-order valence-corrected chi connectivity index (χ2v) is 17.9. The summed E-state index contributed by atoms with van der Waals surface area (Å²) in [4.78, 5) is 5.43. The van der Waals surface area contributed by atoms with E-state index in [9.17, 15) is 0 Å². The molecule has 0 saturated heterocycles. The molecule has 67 heavy (non-hydrogen) atoms. The Kier molecular flexibility index (Phi) is 7.47. The van der Waals surface area contributed by atoms with Crippen molar-refractivity contribution in [2.24, 2.45) is 0 Å². The van der Waals surface area contributed by atoms with Crippen molar-refractivity contribution in [3.63, 3.8) is 0 Å². The number of pyridine rings is 1. The van der Waals surface area contributed by atoms with Crippen LogP contribution in [0.25, 0.3) is 138 Å². The smallest absolute Gasteiger partial charge is 0.138 e. The molecule has 0 aliphatic rings. The van der Waals surface area contributed by atoms with E-state index in [1.807, 2.05) is 0 Å². The molecule has 0 bridgehead atoms. The van der Waals surface area contributed by atoms with E-state index in [1.54, 1.807) is 0 Å². The maximum absolute atomic E-state index is 5.43. The zero-order chi connectivity index (χ0) is 43.7. The van der Waals surface area contributed by atoms with Gasteiger partial charge in [-0.1, -0.05) is 158 Å². The van der Waals surface area contributed by atoms with Crippen molar-refractivity contribution in [3.8, 4) is 50.7 Å². The van der Waals surface area contributed by atoms with E-state index in [1.165, 1.54) is 87.1 Å². The molecule has 15 aromatic rings. The van der Waals surface area contributed by atoms with Crippen molar-refractivity contribution in [2.75, 3.05) is 0 Å². The molecule has 0 fully saturated rings. The van der Waals surface area contributed by atoms with Crippen molar-refractivity contribution in [1.29, 1.82) is 0 Å². The SMILES string of the molecule is c1ccc(-c2cc(-c3ccccc3)nc(-n3c4cccc5ccc6c(-c7ccc8c9c7ccc7cccc(c79)n8-c7ccc8c(c7)c7ccccc7n8-c7ccccc7)ccc3c6c54)c2)cc1. The highest BCUT2D eigenvalue weighted by molar-refractivity contribution is 6.30. The molecule has 4 aromatic heterocycles. The number of aromatic nitrogens is 4. The quantitative estimate of drug-likeness (QED) is 0.153. The lowest BCUT2D eigenvalue weighted by atomic mass is 9.90. The Morgan fingerprint density at radius 2 is 0.791 bits per heavy atom. The van der Waals surface area contributed by atoms with Crippen molar-refractivity contribution in [2.45, 2.75) is 0 Å². The second kappa shape index (κ2) is 13.8. The molecule has 0 saturated carbocycles. The van der Waals surface area contributed by atoms with E-state index in [-0.39, 0.29) is 0 Å². The first-order valence-electron chi connectivity index (χ1n) is 23.0. The molecular formula is C63H38N4. The Bertz CT molecular complexity index is 4360. The molecule has 0 atom stereocenters. The summed E-state index contributed by atoms with van der Waals surface area (Å²) < 4.78 is 7.25. The average Bonchev–Trinajstić information content (AvgIpc) is 4.05. The molecule has 0 N–H and O–H groups in total. The van der Waals surface area contributed by atoms with Gasteiger partial charge < -0.3 is 9.13 Å². The van der Waals surface area contributed by atoms with Gasteiger partial charge in [0.2, 0.25) is 0 Å². The summed E-state index contributed by atoms with van der Waals surface area (Å²) in [6.45, 7) is 0. The first kappa shape index (κ1) is 36.4. The van der Waals surface area contributed by atoms with E-state index in [0.717, 1.165) is 50.6 Å². The zero-order valence-corrected chi connectivity index (χ0v) is 36.2. The van der Waals surface area contributed by atoms with Gasteiger partial charge in [0.15, 0.2) is 0 Å². The van der Waals surface area contributed by atoms with Crippen LogP contribution in [0.3, 0.4) is 0 Å². The van der Waals surface area contributed by atoms with Crippen molar-refractivity contribution >= 4 is 87.0 Å². The molecule has 0 radical (unpaired) electrons. The molecule has 0 aliphatic heterocycles. The lowest BCUT2D eigenvalue weighted by Crippen LogP contribution is -2.00. The fraction of sp³-hybridized carbons (Fsp3) is 0. The number of benzene rings is 11. The van der Waals surface area contributed by atoms with Crippen LogP contribution < -0.4 is 0 Å². The summed E-state index contributed by atoms with van der Waals surface area (Å²) in [6.07, 6.45) is 0. The van der Waals surface area contributed by atoms with Gasteiger partial charge in [0, 0.05) is 49.3 Å². The maximum atomic E-state index is 5.43. The standard InChI is InChI=1S/C63H38N4/c1-4-14-39(15-5-1)43-36-52(40-16-6-2-7-17-40)64-59(37-43)67-56-25-13-19-42-27-30-50-47(32-35-58(67)63(50)61(42)56)46-31-34-57-62-49(46)29-26-41-18-12-24-55(60(41)62)66(57)45-28-33-54-51(38-45)48-22-10-11-23-53(48)65(54)44-20-8-3-9-21-44/h1-38H. The fourth-order valence-electron chi connectivity index (χ4n) is 11.5. The number of hydrogen-bond acceptors (Lipinski definition) is 1. The number of para-hydroxylation sites is 2. The van der Waals surface area contributed by atoms with Gasteiger partial charge >= 0.3 is 0 Å². The summed E-state index contributed by atoms with van der Waals surface area (Å²) in [5.41, 5.74) is 16.2. The van der Waals surface area contributed by atoms with Gasteiger partial charge in [-0.25, -0.2) is 4.98 Å². The Balaban J connectivity index is 0.951. The number of hydrogen-bond donors (Lipinski definition) is 0. The van der Waals surface area contributed by atoms with E-state index in [2.05, 4.69) is 244 Å². The zero-order valence-electron chi connectivity index (χ0n) is 36.2. The van der Waals surface area contributed by atoms with Gasteiger partial charge in [-0.2, -0.15) is 0 Å². The van der Waals surface area contributed by atoms with Gasteiger partial charge in [0.25, 0.3) is 0 Å². The van der Waals surface area contributed by atoms with Gasteiger partial charge in [-0.05, 0) is 117 Å². The molecule has 0 aliphatic carbocycles. The van der Waals surface area contributed by atoms with Crippen LogP contribution in [-0.4, -0.2) is 18.7 Å². The Labute approximate surface area is 385 Å². The van der Waals surface area contributed by atoms with Crippen LogP contribution in [0.15, 0.2) is 231 Å². The molecule has 0 spiro atoms. The summed E-state index contributed by atoms with van der Waals surface area (Å²) in [7, 11) is 0. The van der Waals surface area contributed by atoms with Crippen LogP contribution in [0.1, 0.15) is 0 Å². The van der Waals surface area contributed by atoms with Crippen molar-refractivity contribution in [1.82, 2.24) is 18.7 Å². The van der Waals surface area contributed by atoms with E-state index >= 15 is 0 Å². The average molecular weight is 851 g/mol. The minimum Gasteiger partial charge on any atom is -0.309 e. The minimum absolute atomic E-state index is 0.903. The van der Waals surface area contributed by atoms with Gasteiger partial charge in [0.1, 0.15) is 5.82 Å². The second-order valence-electron chi connectivity index (χ2n) is 17.9. The van der Waals surface area contributed by atoms with Crippen LogP contribution in [-0.2, 0) is 0 Å². The Morgan fingerprint density at radius 1 is 0.269 bits per heavy atom. The first-order chi connectivity index (χ1) is 33.2. The molecule has 0 unspecified atom stereocenters. The number of rotatable bonds is 6. The predicted octanol–water partition coefficient (Wildman–Crippen LogP) is 16.6. The third kappa shape index (κ3) is 5.15. The van der Waals surface area contributed by atoms with Crippen molar-refractivity contribution in [3.05, 3.63) is 231 Å². The van der Waals surface area contributed by atoms with Gasteiger partial charge in [-0.3, -0.25) is 4.57 Å². The molecule has 4 heterocycles. The third-order valence-electron chi connectivity index (χ3n) is 14.4. The topological polar surface area (TPSA) is 27.7 Å². The summed E-state index contributed by atoms with van der Waals surface area (Å²) in [6, 6.07) is 84.3. The molecule has 0 amide bonds. The lowest BCUT2D eigenvalue weighted by molar-refractivity contribution is 1.08. The highest BCUT2D eigenvalue weighted by Gasteiger charge is 2.24. The Hall–Kier alpha value is -8.99. The van der Waals surface area contributed by atoms with E-state index < -0.39 is 0 Å². The minimum atomic E-state index is 0.903. The van der Waals surface area contributed by atoms with Crippen LogP contribution >= 0.6 is 0 Å². The van der Waals surface area contributed by atoms with Crippen LogP contribution in [0, 0.1) is 0 Å². The number of fused-ring (bicyclic) bond motifs is 3. The third-order valence-corrected chi connectivity index (χ3v) is 14.4. The Morgan fingerprint density at radius 3 is 1.48 bits per heavy atom. The molecule has 4 nitrogen and oxygen atoms in total. The van der Waals surface area contributed by atoms with E-state index in [0.29, 0.717) is 0 Å². The maximum Gasteiger partial charge on any atom is 0.138 e. The molecule has 310 valence electrons. The fourth-order valence-corrected chi connectivity index (χ4v) is 11.5. The molecule has 15 rings (SSSR count). The normalized spacial score (nSPS) is 12.2. The summed E-state index contributed by atoms with van der Waals surface area (Å²) >= 11 is 0. The largest absolute Gasteiger partial charge is 0.309 e. The van der Waals surface area contributed by atoms with Crippen LogP contribution in [0.4, 0.5) is 0 Å². The van der Waals surface area contributed by atoms with Crippen molar-refractivity contribution < 1.29 is 0 Å². The van der Waals surface area contributed by atoms with Gasteiger partial charge in [-0.15, -0.1) is 0 Å². The molecule has 11 aromatic carbocycles.